The molecule has 1 aliphatic heterocycles. The number of hydrogen-bond donors (Lipinski definition) is 2. The van der Waals surface area contributed by atoms with E-state index in [9.17, 15) is 13.6 Å². The zero-order valence-corrected chi connectivity index (χ0v) is 17.8. The molecule has 0 radical (unpaired) electrons. The zero-order chi connectivity index (χ0) is 21.8. The lowest BCUT2D eigenvalue weighted by Gasteiger charge is -2.48. The lowest BCUT2D eigenvalue weighted by molar-refractivity contribution is -0.131. The fraction of sp³-hybridized carbons (Fsp3) is 0.542. The van der Waals surface area contributed by atoms with E-state index in [0.717, 1.165) is 49.9 Å². The molecule has 1 aromatic carbocycles. The summed E-state index contributed by atoms with van der Waals surface area (Å²) in [5.74, 6) is -1.18. The van der Waals surface area contributed by atoms with E-state index in [2.05, 4.69) is 13.8 Å². The second-order valence-corrected chi connectivity index (χ2v) is 9.57. The van der Waals surface area contributed by atoms with Crippen LogP contribution in [0.1, 0.15) is 52.0 Å². The highest BCUT2D eigenvalue weighted by molar-refractivity contribution is 6.15. The highest BCUT2D eigenvalue weighted by Gasteiger charge is 2.67. The van der Waals surface area contributed by atoms with Crippen molar-refractivity contribution < 1.29 is 13.6 Å². The maximum absolute atomic E-state index is 14.2. The van der Waals surface area contributed by atoms with Gasteiger partial charge in [0, 0.05) is 31.1 Å². The molecular formula is C24H29F2N3O. The molecule has 30 heavy (non-hydrogen) atoms. The molecule has 1 saturated heterocycles. The van der Waals surface area contributed by atoms with Crippen LogP contribution in [0.4, 0.5) is 8.78 Å². The number of likely N-dealkylation sites (tertiary alicyclic amines) is 1. The van der Waals surface area contributed by atoms with E-state index in [1.54, 1.807) is 6.92 Å². The van der Waals surface area contributed by atoms with Gasteiger partial charge in [-0.15, -0.1) is 0 Å². The van der Waals surface area contributed by atoms with Gasteiger partial charge in [0.2, 0.25) is 5.91 Å². The van der Waals surface area contributed by atoms with Crippen LogP contribution in [0.2, 0.25) is 0 Å². The van der Waals surface area contributed by atoms with Crippen molar-refractivity contribution in [2.45, 2.75) is 46.5 Å². The molecule has 2 aliphatic carbocycles. The number of nitrogens with one attached hydrogen (secondary N) is 2. The van der Waals surface area contributed by atoms with Crippen LogP contribution in [-0.2, 0) is 4.79 Å². The summed E-state index contributed by atoms with van der Waals surface area (Å²) in [5, 5.41) is 17.5. The molecule has 1 amide bonds. The van der Waals surface area contributed by atoms with Crippen molar-refractivity contribution in [3.05, 3.63) is 47.0 Å². The van der Waals surface area contributed by atoms with E-state index >= 15 is 0 Å². The number of carbonyl (C=O) groups excluding carboxylic acids is 1. The molecule has 3 atom stereocenters. The van der Waals surface area contributed by atoms with E-state index < -0.39 is 11.6 Å². The van der Waals surface area contributed by atoms with Gasteiger partial charge in [0.15, 0.2) is 0 Å². The third-order valence-electron chi connectivity index (χ3n) is 8.05. The van der Waals surface area contributed by atoms with E-state index in [0.29, 0.717) is 12.3 Å². The summed E-state index contributed by atoms with van der Waals surface area (Å²) >= 11 is 0. The summed E-state index contributed by atoms with van der Waals surface area (Å²) in [6, 6.07) is 3.60. The number of fused-ring (bicyclic) bond motifs is 2. The SMILES string of the molecule is CC(=O)N1CCC[C@H]([C@@]23CC[C@@H](/C(=C/C(=N)c4c(F)cccc4F)C2=N)C3(C)C)C1. The highest BCUT2D eigenvalue weighted by Crippen LogP contribution is 2.69. The first-order valence-electron chi connectivity index (χ1n) is 10.7. The van der Waals surface area contributed by atoms with Gasteiger partial charge in [0.05, 0.1) is 11.3 Å². The topological polar surface area (TPSA) is 68.0 Å². The number of carbonyl (C=O) groups is 1. The molecule has 0 unspecified atom stereocenters. The normalized spacial score (nSPS) is 31.4. The second-order valence-electron chi connectivity index (χ2n) is 9.57. The Labute approximate surface area is 176 Å². The van der Waals surface area contributed by atoms with Gasteiger partial charge in [0.1, 0.15) is 11.6 Å². The smallest absolute Gasteiger partial charge is 0.219 e. The van der Waals surface area contributed by atoms with Crippen molar-refractivity contribution in [1.29, 1.82) is 10.8 Å². The van der Waals surface area contributed by atoms with Crippen LogP contribution in [-0.4, -0.2) is 35.3 Å². The fourth-order valence-electron chi connectivity index (χ4n) is 6.54. The van der Waals surface area contributed by atoms with Gasteiger partial charge in [0.25, 0.3) is 0 Å². The molecular weight excluding hydrogens is 384 g/mol. The largest absolute Gasteiger partial charge is 0.343 e. The molecule has 160 valence electrons. The molecule has 2 bridgehead atoms. The highest BCUT2D eigenvalue weighted by atomic mass is 19.1. The molecule has 4 nitrogen and oxygen atoms in total. The first-order chi connectivity index (χ1) is 14.1. The molecule has 2 saturated carbocycles. The fourth-order valence-corrected chi connectivity index (χ4v) is 6.54. The van der Waals surface area contributed by atoms with Crippen LogP contribution in [0.25, 0.3) is 0 Å². The van der Waals surface area contributed by atoms with E-state index in [-0.39, 0.29) is 39.8 Å². The van der Waals surface area contributed by atoms with E-state index in [1.807, 2.05) is 4.90 Å². The van der Waals surface area contributed by atoms with Crippen LogP contribution in [0.15, 0.2) is 29.8 Å². The number of allylic oxidation sites excluding steroid dienone is 2. The van der Waals surface area contributed by atoms with Gasteiger partial charge < -0.3 is 15.7 Å². The van der Waals surface area contributed by atoms with Crippen LogP contribution in [0, 0.1) is 45.1 Å². The average molecular weight is 414 g/mol. The van der Waals surface area contributed by atoms with Crippen molar-refractivity contribution in [3.63, 3.8) is 0 Å². The standard InChI is InChI=1S/C24H29F2N3O/c1-14(30)29-11-5-6-15(13-29)24-10-9-17(23(24,2)3)16(22(24)28)12-20(27)21-18(25)7-4-8-19(21)26/h4,7-8,12,15,17,27-28H,5-6,9-11,13H2,1-3H3/b16-12-,27-20?,28-22?/t15-,17-,24-/m0/s1. The van der Waals surface area contributed by atoms with Gasteiger partial charge in [-0.1, -0.05) is 19.9 Å². The lowest BCUT2D eigenvalue weighted by atomic mass is 9.59. The molecule has 1 heterocycles. The predicted octanol–water partition coefficient (Wildman–Crippen LogP) is 4.97. The summed E-state index contributed by atoms with van der Waals surface area (Å²) < 4.78 is 28.4. The number of benzene rings is 1. The van der Waals surface area contributed by atoms with Crippen LogP contribution in [0.5, 0.6) is 0 Å². The summed E-state index contributed by atoms with van der Waals surface area (Å²) in [5.41, 5.74) is 0.102. The molecule has 6 heteroatoms. The molecule has 1 aromatic rings. The maximum Gasteiger partial charge on any atom is 0.219 e. The predicted molar refractivity (Wildman–Crippen MR) is 113 cm³/mol. The average Bonchev–Trinajstić information content (AvgIpc) is 3.04. The molecule has 3 aliphatic rings. The van der Waals surface area contributed by atoms with Gasteiger partial charge in [-0.25, -0.2) is 8.78 Å². The maximum atomic E-state index is 14.2. The third kappa shape index (κ3) is 2.79. The zero-order valence-electron chi connectivity index (χ0n) is 17.8. The number of hydrogen-bond acceptors (Lipinski definition) is 3. The summed E-state index contributed by atoms with van der Waals surface area (Å²) in [6.07, 6.45) is 5.19. The Morgan fingerprint density at radius 2 is 1.90 bits per heavy atom. The van der Waals surface area contributed by atoms with Crippen molar-refractivity contribution in [3.8, 4) is 0 Å². The number of piperidine rings is 1. The van der Waals surface area contributed by atoms with Gasteiger partial charge in [-0.05, 0) is 66.7 Å². The summed E-state index contributed by atoms with van der Waals surface area (Å²) in [6.45, 7) is 7.37. The minimum absolute atomic E-state index is 0.0700. The van der Waals surface area contributed by atoms with Crippen molar-refractivity contribution >= 4 is 17.3 Å². The van der Waals surface area contributed by atoms with E-state index in [4.69, 9.17) is 10.8 Å². The van der Waals surface area contributed by atoms with Crippen molar-refractivity contribution in [2.75, 3.05) is 13.1 Å². The first kappa shape index (κ1) is 20.9. The Bertz CT molecular complexity index is 947. The number of halogens is 2. The Hall–Kier alpha value is -2.37. The van der Waals surface area contributed by atoms with Gasteiger partial charge >= 0.3 is 0 Å². The minimum Gasteiger partial charge on any atom is -0.343 e. The molecule has 0 spiro atoms. The van der Waals surface area contributed by atoms with Crippen molar-refractivity contribution in [1.82, 2.24) is 4.90 Å². The summed E-state index contributed by atoms with van der Waals surface area (Å²) in [7, 11) is 0. The third-order valence-corrected chi connectivity index (χ3v) is 8.05. The lowest BCUT2D eigenvalue weighted by Crippen LogP contribution is -2.51. The number of nitrogens with zero attached hydrogens (tertiary/aromatic N) is 1. The van der Waals surface area contributed by atoms with Crippen LogP contribution < -0.4 is 0 Å². The second kappa shape index (κ2) is 7.10. The molecule has 3 fully saturated rings. The van der Waals surface area contributed by atoms with Crippen LogP contribution in [0.3, 0.4) is 0 Å². The molecule has 2 N–H and O–H groups in total. The molecule has 4 rings (SSSR count). The Kier molecular flexibility index (Phi) is 4.94. The Morgan fingerprint density at radius 3 is 2.53 bits per heavy atom. The van der Waals surface area contributed by atoms with E-state index in [1.165, 1.54) is 12.1 Å². The van der Waals surface area contributed by atoms with Crippen LogP contribution >= 0.6 is 0 Å². The number of rotatable bonds is 3. The van der Waals surface area contributed by atoms with Crippen molar-refractivity contribution in [2.24, 2.45) is 22.7 Å². The Morgan fingerprint density at radius 1 is 1.23 bits per heavy atom. The monoisotopic (exact) mass is 413 g/mol. The van der Waals surface area contributed by atoms with Gasteiger partial charge in [-0.2, -0.15) is 0 Å². The molecule has 0 aromatic heterocycles. The number of amides is 1. The summed E-state index contributed by atoms with van der Waals surface area (Å²) in [4.78, 5) is 13.9. The Balaban J connectivity index is 1.72. The first-order valence-corrected chi connectivity index (χ1v) is 10.7. The minimum atomic E-state index is -0.759. The van der Waals surface area contributed by atoms with Gasteiger partial charge in [-0.3, -0.25) is 4.79 Å². The quantitative estimate of drug-likeness (QED) is 0.675.